The first-order valence-electron chi connectivity index (χ1n) is 6.71. The third kappa shape index (κ3) is 4.00. The fraction of sp³-hybridized carbons (Fsp3) is 0.188. The van der Waals surface area contributed by atoms with Gasteiger partial charge < -0.3 is 9.47 Å². The van der Waals surface area contributed by atoms with Gasteiger partial charge in [-0.2, -0.15) is 5.26 Å². The molecule has 0 aromatic heterocycles. The second kappa shape index (κ2) is 7.13. The first-order chi connectivity index (χ1) is 11.0. The summed E-state index contributed by atoms with van der Waals surface area (Å²) < 4.78 is 37.5. The maximum Gasteiger partial charge on any atom is 0.240 e. The van der Waals surface area contributed by atoms with E-state index >= 15 is 0 Å². The molecule has 2 aromatic rings. The van der Waals surface area contributed by atoms with E-state index < -0.39 is 10.0 Å². The third-order valence-corrected chi connectivity index (χ3v) is 4.62. The zero-order valence-corrected chi connectivity index (χ0v) is 13.6. The summed E-state index contributed by atoms with van der Waals surface area (Å²) in [5, 5.41) is 8.86. The Bertz CT molecular complexity index is 841. The minimum absolute atomic E-state index is 0.0454. The molecule has 0 bridgehead atoms. The average Bonchev–Trinajstić information content (AvgIpc) is 2.59. The van der Waals surface area contributed by atoms with Gasteiger partial charge in [0.2, 0.25) is 10.0 Å². The van der Waals surface area contributed by atoms with Gasteiger partial charge in [-0.3, -0.25) is 0 Å². The Kier molecular flexibility index (Phi) is 5.21. The lowest BCUT2D eigenvalue weighted by atomic mass is 10.2. The van der Waals surface area contributed by atoms with Crippen molar-refractivity contribution in [2.45, 2.75) is 11.4 Å². The number of nitrogens with zero attached hydrogens (tertiary/aromatic N) is 1. The van der Waals surface area contributed by atoms with Gasteiger partial charge in [-0.15, -0.1) is 0 Å². The van der Waals surface area contributed by atoms with E-state index in [1.807, 2.05) is 6.07 Å². The van der Waals surface area contributed by atoms with Crippen LogP contribution in [0.4, 0.5) is 0 Å². The van der Waals surface area contributed by atoms with Crippen LogP contribution >= 0.6 is 0 Å². The number of sulfonamides is 1. The smallest absolute Gasteiger partial charge is 0.240 e. The molecule has 1 N–H and O–H groups in total. The quantitative estimate of drug-likeness (QED) is 0.874. The minimum Gasteiger partial charge on any atom is -0.497 e. The van der Waals surface area contributed by atoms with Crippen molar-refractivity contribution in [1.29, 1.82) is 5.26 Å². The fourth-order valence-corrected chi connectivity index (χ4v) is 3.04. The molecule has 0 saturated heterocycles. The Balaban J connectivity index is 2.21. The van der Waals surface area contributed by atoms with Crippen molar-refractivity contribution in [2.24, 2.45) is 0 Å². The molecule has 0 unspecified atom stereocenters. The molecule has 2 aromatic carbocycles. The van der Waals surface area contributed by atoms with E-state index in [9.17, 15) is 8.42 Å². The SMILES string of the molecule is COc1ccc(CNS(=O)(=O)c2cccc(C#N)c2)c(OC)c1. The minimum atomic E-state index is -3.72. The van der Waals surface area contributed by atoms with Crippen LogP contribution in [-0.4, -0.2) is 22.6 Å². The van der Waals surface area contributed by atoms with Crippen LogP contribution in [0.2, 0.25) is 0 Å². The highest BCUT2D eigenvalue weighted by atomic mass is 32.2. The van der Waals surface area contributed by atoms with Crippen molar-refractivity contribution in [3.63, 3.8) is 0 Å². The van der Waals surface area contributed by atoms with Crippen molar-refractivity contribution < 1.29 is 17.9 Å². The number of hydrogen-bond donors (Lipinski definition) is 1. The molecule has 0 fully saturated rings. The molecule has 6 nitrogen and oxygen atoms in total. The Labute approximate surface area is 135 Å². The Morgan fingerprint density at radius 2 is 1.91 bits per heavy atom. The van der Waals surface area contributed by atoms with E-state index in [0.29, 0.717) is 17.1 Å². The number of hydrogen-bond acceptors (Lipinski definition) is 5. The first kappa shape index (κ1) is 16.8. The number of benzene rings is 2. The molecule has 0 saturated carbocycles. The molecule has 0 heterocycles. The Morgan fingerprint density at radius 1 is 1.13 bits per heavy atom. The summed E-state index contributed by atoms with van der Waals surface area (Å²) in [5.74, 6) is 1.15. The second-order valence-electron chi connectivity index (χ2n) is 4.64. The van der Waals surface area contributed by atoms with E-state index in [1.165, 1.54) is 25.3 Å². The van der Waals surface area contributed by atoms with Gasteiger partial charge in [0.1, 0.15) is 11.5 Å². The predicted octanol–water partition coefficient (Wildman–Crippen LogP) is 2.05. The summed E-state index contributed by atoms with van der Waals surface area (Å²) in [6.07, 6.45) is 0. The molecule has 0 spiro atoms. The molecule has 0 radical (unpaired) electrons. The molecule has 120 valence electrons. The molecule has 7 heteroatoms. The fourth-order valence-electron chi connectivity index (χ4n) is 1.99. The van der Waals surface area contributed by atoms with Crippen LogP contribution in [0.3, 0.4) is 0 Å². The van der Waals surface area contributed by atoms with E-state index in [-0.39, 0.29) is 17.0 Å². The number of methoxy groups -OCH3 is 2. The van der Waals surface area contributed by atoms with Crippen molar-refractivity contribution in [3.05, 3.63) is 53.6 Å². The number of rotatable bonds is 6. The van der Waals surface area contributed by atoms with Gasteiger partial charge in [-0.1, -0.05) is 12.1 Å². The standard InChI is InChI=1S/C16H16N2O4S/c1-21-14-7-6-13(16(9-14)22-2)11-18-23(19,20)15-5-3-4-12(8-15)10-17/h3-9,18H,11H2,1-2H3. The lowest BCUT2D eigenvalue weighted by Crippen LogP contribution is -2.23. The molecule has 2 rings (SSSR count). The molecule has 0 aliphatic heterocycles. The maximum absolute atomic E-state index is 12.3. The lowest BCUT2D eigenvalue weighted by Gasteiger charge is -2.12. The zero-order chi connectivity index (χ0) is 16.9. The van der Waals surface area contributed by atoms with E-state index in [2.05, 4.69) is 4.72 Å². The average molecular weight is 332 g/mol. The van der Waals surface area contributed by atoms with Gasteiger partial charge in [-0.25, -0.2) is 13.1 Å². The predicted molar refractivity (Wildman–Crippen MR) is 84.7 cm³/mol. The van der Waals surface area contributed by atoms with Gasteiger partial charge in [0.15, 0.2) is 0 Å². The summed E-state index contributed by atoms with van der Waals surface area (Å²) in [6, 6.07) is 12.9. The van der Waals surface area contributed by atoms with Crippen molar-refractivity contribution in [3.8, 4) is 17.6 Å². The van der Waals surface area contributed by atoms with E-state index in [0.717, 1.165) is 0 Å². The zero-order valence-electron chi connectivity index (χ0n) is 12.7. The third-order valence-electron chi connectivity index (χ3n) is 3.22. The van der Waals surface area contributed by atoms with Crippen LogP contribution in [0.1, 0.15) is 11.1 Å². The van der Waals surface area contributed by atoms with Crippen molar-refractivity contribution in [1.82, 2.24) is 4.72 Å². The summed E-state index contributed by atoms with van der Waals surface area (Å²) >= 11 is 0. The van der Waals surface area contributed by atoms with Crippen LogP contribution in [0.25, 0.3) is 0 Å². The summed E-state index contributed by atoms with van der Waals surface area (Å²) in [7, 11) is -0.676. The molecular weight excluding hydrogens is 316 g/mol. The first-order valence-corrected chi connectivity index (χ1v) is 8.19. The normalized spacial score (nSPS) is 10.8. The molecule has 0 aliphatic carbocycles. The highest BCUT2D eigenvalue weighted by Gasteiger charge is 2.15. The van der Waals surface area contributed by atoms with Crippen LogP contribution < -0.4 is 14.2 Å². The number of ether oxygens (including phenoxy) is 2. The van der Waals surface area contributed by atoms with Crippen LogP contribution in [0, 0.1) is 11.3 Å². The summed E-state index contributed by atoms with van der Waals surface area (Å²) in [4.78, 5) is 0.0454. The topological polar surface area (TPSA) is 88.4 Å². The second-order valence-corrected chi connectivity index (χ2v) is 6.41. The molecule has 23 heavy (non-hydrogen) atoms. The van der Waals surface area contributed by atoms with Crippen molar-refractivity contribution in [2.75, 3.05) is 14.2 Å². The summed E-state index contributed by atoms with van der Waals surface area (Å²) in [6.45, 7) is 0.0618. The van der Waals surface area contributed by atoms with Gasteiger partial charge in [-0.05, 0) is 24.3 Å². The summed E-state index contributed by atoms with van der Waals surface area (Å²) in [5.41, 5.74) is 0.961. The van der Waals surface area contributed by atoms with Crippen LogP contribution in [0.15, 0.2) is 47.4 Å². The van der Waals surface area contributed by atoms with E-state index in [4.69, 9.17) is 14.7 Å². The highest BCUT2D eigenvalue weighted by molar-refractivity contribution is 7.89. The molecular formula is C16H16N2O4S. The van der Waals surface area contributed by atoms with Gasteiger partial charge >= 0.3 is 0 Å². The van der Waals surface area contributed by atoms with Gasteiger partial charge in [0.25, 0.3) is 0 Å². The number of nitrogens with one attached hydrogen (secondary N) is 1. The molecule has 0 amide bonds. The Hall–Kier alpha value is -2.56. The highest BCUT2D eigenvalue weighted by Crippen LogP contribution is 2.24. The van der Waals surface area contributed by atoms with Crippen molar-refractivity contribution >= 4 is 10.0 Å². The van der Waals surface area contributed by atoms with Gasteiger partial charge in [0, 0.05) is 18.2 Å². The molecule has 0 atom stereocenters. The number of nitriles is 1. The Morgan fingerprint density at radius 3 is 2.57 bits per heavy atom. The van der Waals surface area contributed by atoms with Crippen LogP contribution in [-0.2, 0) is 16.6 Å². The maximum atomic E-state index is 12.3. The largest absolute Gasteiger partial charge is 0.497 e. The molecule has 0 aliphatic rings. The van der Waals surface area contributed by atoms with E-state index in [1.54, 1.807) is 31.4 Å². The monoisotopic (exact) mass is 332 g/mol. The van der Waals surface area contributed by atoms with Gasteiger partial charge in [0.05, 0.1) is 30.7 Å². The lowest BCUT2D eigenvalue weighted by molar-refractivity contribution is 0.390. The van der Waals surface area contributed by atoms with Crippen LogP contribution in [0.5, 0.6) is 11.5 Å².